The van der Waals surface area contributed by atoms with E-state index < -0.39 is 5.54 Å². The third-order valence-corrected chi connectivity index (χ3v) is 8.73. The summed E-state index contributed by atoms with van der Waals surface area (Å²) in [7, 11) is 1.60. The molecule has 0 aromatic heterocycles. The summed E-state index contributed by atoms with van der Waals surface area (Å²) in [4.78, 5) is 27.7. The molecule has 0 unspecified atom stereocenters. The molecule has 3 amide bonds. The number of carbonyl (C=O) groups is 2. The molecule has 1 aromatic carbocycles. The summed E-state index contributed by atoms with van der Waals surface area (Å²) in [6.45, 7) is 1.69. The van der Waals surface area contributed by atoms with Crippen LogP contribution in [0.5, 0.6) is 0 Å². The van der Waals surface area contributed by atoms with Gasteiger partial charge >= 0.3 is 6.03 Å². The molecular weight excluding hydrogens is 478 g/mol. The summed E-state index contributed by atoms with van der Waals surface area (Å²) in [5.41, 5.74) is 1.28. The number of methoxy groups -OCH3 is 1. The lowest BCUT2D eigenvalue weighted by Gasteiger charge is -2.34. The van der Waals surface area contributed by atoms with E-state index in [0.717, 1.165) is 30.4 Å². The molecule has 1 heterocycles. The highest BCUT2D eigenvalue weighted by molar-refractivity contribution is 6.07. The molecule has 2 saturated carbocycles. The Morgan fingerprint density at radius 1 is 1.05 bits per heavy atom. The van der Waals surface area contributed by atoms with Gasteiger partial charge in [-0.1, -0.05) is 88.5 Å². The zero-order valence-electron chi connectivity index (χ0n) is 23.2. The Morgan fingerprint density at radius 2 is 1.74 bits per heavy atom. The Balaban J connectivity index is 1.41. The van der Waals surface area contributed by atoms with Crippen LogP contribution < -0.4 is 16.0 Å². The van der Waals surface area contributed by atoms with Crippen molar-refractivity contribution in [1.82, 2.24) is 20.9 Å². The van der Waals surface area contributed by atoms with Crippen molar-refractivity contribution in [3.05, 3.63) is 35.4 Å². The predicted molar refractivity (Wildman–Crippen MR) is 150 cm³/mol. The summed E-state index contributed by atoms with van der Waals surface area (Å²) in [6, 6.07) is 7.68. The molecule has 8 heteroatoms. The van der Waals surface area contributed by atoms with Gasteiger partial charge in [0.1, 0.15) is 5.54 Å². The number of hydrogen-bond acceptors (Lipinski definition) is 4. The number of rotatable bonds is 12. The number of nitrogens with zero attached hydrogens (tertiary/aromatic N) is 1. The molecule has 38 heavy (non-hydrogen) atoms. The van der Waals surface area contributed by atoms with Gasteiger partial charge < -0.3 is 20.7 Å². The molecule has 3 aliphatic rings. The van der Waals surface area contributed by atoms with Gasteiger partial charge in [0.05, 0.1) is 13.2 Å². The molecule has 4 N–H and O–H groups in total. The average molecular weight is 526 g/mol. The van der Waals surface area contributed by atoms with Crippen molar-refractivity contribution in [2.24, 2.45) is 11.8 Å². The van der Waals surface area contributed by atoms with Crippen LogP contribution in [0.4, 0.5) is 4.79 Å². The highest BCUT2D eigenvalue weighted by atomic mass is 16.5. The van der Waals surface area contributed by atoms with Gasteiger partial charge in [-0.05, 0) is 42.2 Å². The zero-order valence-corrected chi connectivity index (χ0v) is 23.2. The molecule has 1 aliphatic heterocycles. The van der Waals surface area contributed by atoms with Gasteiger partial charge in [0, 0.05) is 20.2 Å². The van der Waals surface area contributed by atoms with E-state index in [9.17, 15) is 9.59 Å². The van der Waals surface area contributed by atoms with Crippen LogP contribution >= 0.6 is 0 Å². The van der Waals surface area contributed by atoms with Crippen molar-refractivity contribution in [3.63, 3.8) is 0 Å². The van der Waals surface area contributed by atoms with Crippen LogP contribution in [0.1, 0.15) is 94.6 Å². The summed E-state index contributed by atoms with van der Waals surface area (Å²) in [6.07, 6.45) is 15.5. The molecule has 0 radical (unpaired) electrons. The Morgan fingerprint density at radius 3 is 2.45 bits per heavy atom. The number of benzene rings is 1. The fourth-order valence-corrected chi connectivity index (χ4v) is 6.61. The minimum absolute atomic E-state index is 0.0740. The Hall–Kier alpha value is -2.61. The maximum absolute atomic E-state index is 14.1. The van der Waals surface area contributed by atoms with Crippen molar-refractivity contribution in [1.29, 1.82) is 5.41 Å². The van der Waals surface area contributed by atoms with E-state index in [1.165, 1.54) is 64.2 Å². The molecule has 1 saturated heterocycles. The summed E-state index contributed by atoms with van der Waals surface area (Å²) in [5.74, 6) is 1.57. The first-order valence-corrected chi connectivity index (χ1v) is 14.8. The Kier molecular flexibility index (Phi) is 10.4. The molecule has 1 atom stereocenters. The molecule has 210 valence electrons. The molecule has 0 bridgehead atoms. The van der Waals surface area contributed by atoms with E-state index in [0.29, 0.717) is 38.1 Å². The number of nitrogens with one attached hydrogen (secondary N) is 4. The number of carbonyl (C=O) groups excluding carboxylic acids is 2. The quantitative estimate of drug-likeness (QED) is 0.286. The van der Waals surface area contributed by atoms with Crippen molar-refractivity contribution >= 4 is 17.9 Å². The van der Waals surface area contributed by atoms with Gasteiger partial charge in [0.2, 0.25) is 0 Å². The first kappa shape index (κ1) is 28.4. The molecular formula is C30H47N5O3. The minimum atomic E-state index is -0.643. The molecule has 1 aromatic rings. The number of hydrogen-bond donors (Lipinski definition) is 4. The van der Waals surface area contributed by atoms with E-state index in [1.807, 2.05) is 24.3 Å². The van der Waals surface area contributed by atoms with Crippen LogP contribution in [0.2, 0.25) is 0 Å². The van der Waals surface area contributed by atoms with Crippen molar-refractivity contribution in [2.75, 3.05) is 20.3 Å². The second-order valence-corrected chi connectivity index (χ2v) is 11.6. The van der Waals surface area contributed by atoms with Gasteiger partial charge in [-0.2, -0.15) is 0 Å². The molecule has 0 spiro atoms. The number of amides is 3. The number of ether oxygens (including phenoxy) is 1. The average Bonchev–Trinajstić information content (AvgIpc) is 3.16. The maximum Gasteiger partial charge on any atom is 0.315 e. The van der Waals surface area contributed by atoms with Crippen molar-refractivity contribution in [3.8, 4) is 0 Å². The lowest BCUT2D eigenvalue weighted by Crippen LogP contribution is -2.49. The monoisotopic (exact) mass is 525 g/mol. The largest absolute Gasteiger partial charge is 0.383 e. The third kappa shape index (κ3) is 7.71. The van der Waals surface area contributed by atoms with Gasteiger partial charge in [0.15, 0.2) is 5.96 Å². The Bertz CT molecular complexity index is 942. The molecule has 2 aliphatic carbocycles. The van der Waals surface area contributed by atoms with Crippen LogP contribution in [0.3, 0.4) is 0 Å². The molecule has 4 rings (SSSR count). The topological polar surface area (TPSA) is 107 Å². The van der Waals surface area contributed by atoms with Crippen LogP contribution in [-0.2, 0) is 22.6 Å². The van der Waals surface area contributed by atoms with Crippen LogP contribution in [-0.4, -0.2) is 48.6 Å². The predicted octanol–water partition coefficient (Wildman–Crippen LogP) is 5.07. The maximum atomic E-state index is 14.1. The fourth-order valence-electron chi connectivity index (χ4n) is 6.61. The number of guanidine groups is 1. The zero-order chi connectivity index (χ0) is 26.8. The first-order valence-electron chi connectivity index (χ1n) is 14.8. The lowest BCUT2D eigenvalue weighted by molar-refractivity contribution is -0.132. The second-order valence-electron chi connectivity index (χ2n) is 11.6. The highest BCUT2D eigenvalue weighted by Gasteiger charge is 2.50. The second kappa shape index (κ2) is 14.0. The van der Waals surface area contributed by atoms with E-state index in [-0.39, 0.29) is 17.9 Å². The van der Waals surface area contributed by atoms with E-state index in [4.69, 9.17) is 10.1 Å². The van der Waals surface area contributed by atoms with Gasteiger partial charge in [-0.3, -0.25) is 15.1 Å². The lowest BCUT2D eigenvalue weighted by atomic mass is 9.75. The normalized spacial score (nSPS) is 22.9. The van der Waals surface area contributed by atoms with Crippen LogP contribution in [0.25, 0.3) is 0 Å². The summed E-state index contributed by atoms with van der Waals surface area (Å²) in [5, 5.41) is 17.8. The van der Waals surface area contributed by atoms with Crippen molar-refractivity contribution < 1.29 is 14.3 Å². The standard InChI is InChI=1S/C30H47N5O3/c1-38-18-17-32-29(37)33-21-25-13-8-14-26(19-25)22-35-27(36)30(34-28(35)31,20-24-11-6-3-7-12-24)16-15-23-9-4-2-5-10-23/h8,13-14,19,23-24H,2-7,9-12,15-18,20-22H2,1H3,(H2,31,34)(H2,32,33,37)/t30-/m1/s1. The van der Waals surface area contributed by atoms with E-state index in [2.05, 4.69) is 16.0 Å². The summed E-state index contributed by atoms with van der Waals surface area (Å²) < 4.78 is 4.96. The first-order chi connectivity index (χ1) is 18.5. The summed E-state index contributed by atoms with van der Waals surface area (Å²) >= 11 is 0. The third-order valence-electron chi connectivity index (χ3n) is 8.73. The van der Waals surface area contributed by atoms with E-state index in [1.54, 1.807) is 12.0 Å². The van der Waals surface area contributed by atoms with Crippen molar-refractivity contribution in [2.45, 2.75) is 102 Å². The molecule has 3 fully saturated rings. The van der Waals surface area contributed by atoms with Crippen LogP contribution in [0.15, 0.2) is 24.3 Å². The Labute approximate surface area is 228 Å². The highest BCUT2D eigenvalue weighted by Crippen LogP contribution is 2.38. The van der Waals surface area contributed by atoms with Gasteiger partial charge in [-0.25, -0.2) is 4.79 Å². The molecule has 8 nitrogen and oxygen atoms in total. The minimum Gasteiger partial charge on any atom is -0.383 e. The van der Waals surface area contributed by atoms with Gasteiger partial charge in [0.25, 0.3) is 5.91 Å². The smallest absolute Gasteiger partial charge is 0.315 e. The van der Waals surface area contributed by atoms with E-state index >= 15 is 0 Å². The SMILES string of the molecule is COCCNC(=O)NCc1cccc(CN2C(=N)N[C@](CCC3CCCCC3)(CC3CCCCC3)C2=O)c1. The van der Waals surface area contributed by atoms with Gasteiger partial charge in [-0.15, -0.1) is 0 Å². The fraction of sp³-hybridized carbons (Fsp3) is 0.700. The van der Waals surface area contributed by atoms with Crippen LogP contribution in [0, 0.1) is 17.2 Å². The number of urea groups is 1.